The fourth-order valence-corrected chi connectivity index (χ4v) is 2.16. The fourth-order valence-electron chi connectivity index (χ4n) is 2.16. The van der Waals surface area contributed by atoms with Crippen molar-refractivity contribution in [3.8, 4) is 0 Å². The van der Waals surface area contributed by atoms with Crippen molar-refractivity contribution in [2.75, 3.05) is 30.9 Å². The maximum atomic E-state index is 12.1. The second-order valence-electron chi connectivity index (χ2n) is 5.24. The summed E-state index contributed by atoms with van der Waals surface area (Å²) in [6.07, 6.45) is 1.61. The van der Waals surface area contributed by atoms with Crippen LogP contribution in [0.2, 0.25) is 0 Å². The van der Waals surface area contributed by atoms with Gasteiger partial charge in [0.05, 0.1) is 0 Å². The highest BCUT2D eigenvalue weighted by atomic mass is 16.1. The molecule has 0 atom stereocenters. The molecule has 0 aliphatic heterocycles. The van der Waals surface area contributed by atoms with E-state index in [-0.39, 0.29) is 5.56 Å². The van der Waals surface area contributed by atoms with Crippen molar-refractivity contribution in [1.29, 1.82) is 0 Å². The summed E-state index contributed by atoms with van der Waals surface area (Å²) in [6, 6.07) is 10.1. The Balaban J connectivity index is 1.93. The lowest BCUT2D eigenvalue weighted by Crippen LogP contribution is -2.23. The van der Waals surface area contributed by atoms with Crippen molar-refractivity contribution in [3.63, 3.8) is 0 Å². The Bertz CT molecular complexity index is 634. The molecule has 112 valence electrons. The first-order valence-corrected chi connectivity index (χ1v) is 7.14. The summed E-state index contributed by atoms with van der Waals surface area (Å²) in [7, 11) is 3.72. The molecule has 1 heterocycles. The predicted octanol–water partition coefficient (Wildman–Crippen LogP) is 2.19. The second-order valence-corrected chi connectivity index (χ2v) is 5.24. The van der Waals surface area contributed by atoms with Crippen LogP contribution < -0.4 is 15.8 Å². The molecule has 1 aromatic heterocycles. The summed E-state index contributed by atoms with van der Waals surface area (Å²) in [6.45, 7) is 2.72. The van der Waals surface area contributed by atoms with E-state index in [4.69, 9.17) is 0 Å². The molecule has 5 nitrogen and oxygen atoms in total. The van der Waals surface area contributed by atoms with Crippen molar-refractivity contribution in [2.24, 2.45) is 0 Å². The average molecular weight is 286 g/mol. The number of hydrogen-bond donors (Lipinski definition) is 2. The number of benzene rings is 1. The van der Waals surface area contributed by atoms with Crippen molar-refractivity contribution >= 4 is 11.6 Å². The lowest BCUT2D eigenvalue weighted by Gasteiger charge is -2.13. The van der Waals surface area contributed by atoms with E-state index in [9.17, 15) is 4.79 Å². The average Bonchev–Trinajstić information content (AvgIpc) is 2.46. The van der Waals surface area contributed by atoms with Gasteiger partial charge in [-0.3, -0.25) is 9.78 Å². The highest BCUT2D eigenvalue weighted by Crippen LogP contribution is 2.08. The number of rotatable bonds is 6. The van der Waals surface area contributed by atoms with Crippen molar-refractivity contribution < 1.29 is 0 Å². The monoisotopic (exact) mass is 286 g/mol. The number of hydrogen-bond acceptors (Lipinski definition) is 4. The first-order valence-electron chi connectivity index (χ1n) is 7.14. The Kier molecular flexibility index (Phi) is 4.98. The van der Waals surface area contributed by atoms with Crippen LogP contribution in [0.25, 0.3) is 0 Å². The van der Waals surface area contributed by atoms with Gasteiger partial charge in [-0.25, -0.2) is 4.98 Å². The Labute approximate surface area is 125 Å². The van der Waals surface area contributed by atoms with Crippen molar-refractivity contribution in [1.82, 2.24) is 9.97 Å². The summed E-state index contributed by atoms with van der Waals surface area (Å²) in [4.78, 5) is 21.1. The molecule has 2 N–H and O–H groups in total. The van der Waals surface area contributed by atoms with Gasteiger partial charge in [-0.1, -0.05) is 18.2 Å². The summed E-state index contributed by atoms with van der Waals surface area (Å²) >= 11 is 0. The zero-order valence-electron chi connectivity index (χ0n) is 12.8. The number of nitrogens with zero attached hydrogens (tertiary/aromatic N) is 2. The number of aromatic nitrogens is 2. The minimum atomic E-state index is -0.0362. The molecule has 0 saturated heterocycles. The quantitative estimate of drug-likeness (QED) is 0.799. The molecule has 2 aromatic rings. The van der Waals surface area contributed by atoms with Crippen LogP contribution in [0, 0.1) is 6.92 Å². The van der Waals surface area contributed by atoms with Gasteiger partial charge in [-0.05, 0) is 31.9 Å². The lowest BCUT2D eigenvalue weighted by atomic mass is 10.1. The number of aryl methyl sites for hydroxylation is 1. The molecule has 0 bridgehead atoms. The normalized spacial score (nSPS) is 10.4. The molecular weight excluding hydrogens is 264 g/mol. The number of anilines is 2. The minimum absolute atomic E-state index is 0.0362. The predicted molar refractivity (Wildman–Crippen MR) is 87.2 cm³/mol. The maximum absolute atomic E-state index is 12.1. The molecule has 0 aliphatic carbocycles. The van der Waals surface area contributed by atoms with E-state index in [1.165, 1.54) is 0 Å². The van der Waals surface area contributed by atoms with Gasteiger partial charge >= 0.3 is 0 Å². The van der Waals surface area contributed by atoms with Gasteiger partial charge in [0.25, 0.3) is 5.56 Å². The van der Waals surface area contributed by atoms with Crippen LogP contribution in [-0.2, 0) is 6.42 Å². The topological polar surface area (TPSA) is 61.0 Å². The smallest absolute Gasteiger partial charge is 0.255 e. The third-order valence-corrected chi connectivity index (χ3v) is 3.34. The van der Waals surface area contributed by atoms with Gasteiger partial charge in [-0.15, -0.1) is 0 Å². The van der Waals surface area contributed by atoms with Crippen LogP contribution in [0.1, 0.15) is 17.7 Å². The number of H-pyrrole nitrogens is 1. The SMILES string of the molecule is Cc1nc(N(C)C)[nH]c(=O)c1CCCNc1ccccc1. The van der Waals surface area contributed by atoms with Crippen LogP contribution >= 0.6 is 0 Å². The third kappa shape index (κ3) is 4.08. The maximum Gasteiger partial charge on any atom is 0.255 e. The zero-order valence-corrected chi connectivity index (χ0v) is 12.8. The highest BCUT2D eigenvalue weighted by molar-refractivity contribution is 5.42. The van der Waals surface area contributed by atoms with Crippen molar-refractivity contribution in [2.45, 2.75) is 19.8 Å². The number of para-hydroxylation sites is 1. The van der Waals surface area contributed by atoms with Gasteiger partial charge in [0.1, 0.15) is 0 Å². The fraction of sp³-hybridized carbons (Fsp3) is 0.375. The van der Waals surface area contributed by atoms with E-state index >= 15 is 0 Å². The number of nitrogens with one attached hydrogen (secondary N) is 2. The van der Waals surface area contributed by atoms with Gasteiger partial charge in [0.2, 0.25) is 5.95 Å². The van der Waals surface area contributed by atoms with Crippen LogP contribution in [0.3, 0.4) is 0 Å². The zero-order chi connectivity index (χ0) is 15.2. The molecule has 0 amide bonds. The molecule has 0 unspecified atom stereocenters. The summed E-state index contributed by atoms with van der Waals surface area (Å²) < 4.78 is 0. The molecular formula is C16H22N4O. The van der Waals surface area contributed by atoms with E-state index in [0.29, 0.717) is 5.95 Å². The summed E-state index contributed by atoms with van der Waals surface area (Å²) in [5, 5.41) is 3.34. The molecule has 0 aliphatic rings. The van der Waals surface area contributed by atoms with Crippen LogP contribution in [0.15, 0.2) is 35.1 Å². The van der Waals surface area contributed by atoms with Crippen molar-refractivity contribution in [3.05, 3.63) is 51.9 Å². The van der Waals surface area contributed by atoms with Gasteiger partial charge in [0, 0.05) is 37.6 Å². The van der Waals surface area contributed by atoms with E-state index in [2.05, 4.69) is 15.3 Å². The van der Waals surface area contributed by atoms with E-state index in [1.54, 1.807) is 4.90 Å². The van der Waals surface area contributed by atoms with E-state index in [1.807, 2.05) is 51.4 Å². The summed E-state index contributed by atoms with van der Waals surface area (Å²) in [5.74, 6) is 0.601. The molecule has 0 saturated carbocycles. The summed E-state index contributed by atoms with van der Waals surface area (Å²) in [5.41, 5.74) is 2.65. The molecule has 0 radical (unpaired) electrons. The first kappa shape index (κ1) is 15.1. The Morgan fingerprint density at radius 1 is 1.24 bits per heavy atom. The molecule has 21 heavy (non-hydrogen) atoms. The van der Waals surface area contributed by atoms with Gasteiger partial charge in [-0.2, -0.15) is 0 Å². The Morgan fingerprint density at radius 3 is 2.57 bits per heavy atom. The molecule has 5 heteroatoms. The lowest BCUT2D eigenvalue weighted by molar-refractivity contribution is 0.821. The van der Waals surface area contributed by atoms with Crippen LogP contribution in [0.5, 0.6) is 0 Å². The van der Waals surface area contributed by atoms with Crippen LogP contribution in [-0.4, -0.2) is 30.6 Å². The Morgan fingerprint density at radius 2 is 1.95 bits per heavy atom. The highest BCUT2D eigenvalue weighted by Gasteiger charge is 2.08. The molecule has 0 fully saturated rings. The van der Waals surface area contributed by atoms with E-state index in [0.717, 1.165) is 36.3 Å². The Hall–Kier alpha value is -2.30. The molecule has 0 spiro atoms. The van der Waals surface area contributed by atoms with Gasteiger partial charge in [0.15, 0.2) is 0 Å². The minimum Gasteiger partial charge on any atom is -0.385 e. The molecule has 1 aromatic carbocycles. The number of aromatic amines is 1. The van der Waals surface area contributed by atoms with Gasteiger partial charge < -0.3 is 10.2 Å². The second kappa shape index (κ2) is 6.92. The van der Waals surface area contributed by atoms with Crippen LogP contribution in [0.4, 0.5) is 11.6 Å². The standard InChI is InChI=1S/C16H22N4O/c1-12-14(15(21)19-16(18-12)20(2)3)10-7-11-17-13-8-5-4-6-9-13/h4-6,8-9,17H,7,10-11H2,1-3H3,(H,18,19,21). The first-order chi connectivity index (χ1) is 10.1. The molecule has 2 rings (SSSR count). The third-order valence-electron chi connectivity index (χ3n) is 3.34. The largest absolute Gasteiger partial charge is 0.385 e. The van der Waals surface area contributed by atoms with E-state index < -0.39 is 0 Å².